The molecule has 28 heavy (non-hydrogen) atoms. The predicted octanol–water partition coefficient (Wildman–Crippen LogP) is 5.96. The van der Waals surface area contributed by atoms with Crippen LogP contribution < -0.4 is 5.73 Å². The Balaban J connectivity index is 0.00000729. The molecule has 164 valence electrons. The minimum atomic E-state index is 0. The Morgan fingerprint density at radius 2 is 1.54 bits per heavy atom. The highest BCUT2D eigenvalue weighted by molar-refractivity contribution is 5.78. The quantitative estimate of drug-likeness (QED) is 0.144. The van der Waals surface area contributed by atoms with Crippen LogP contribution >= 0.6 is 0 Å². The van der Waals surface area contributed by atoms with Crippen LogP contribution in [-0.2, 0) is 0 Å². The normalized spacial score (nSPS) is 14.6. The van der Waals surface area contributed by atoms with E-state index < -0.39 is 0 Å². The molecule has 0 amide bonds. The lowest BCUT2D eigenvalue weighted by Crippen LogP contribution is -2.30. The Labute approximate surface area is 176 Å². The number of unbranched alkanes of at least 4 members (excludes halogenated alkanes) is 8. The number of likely N-dealkylation sites (N-methyl/N-ethyl adjacent to an activating group) is 1. The molecule has 3 heteroatoms. The van der Waals surface area contributed by atoms with Gasteiger partial charge in [-0.3, -0.25) is 9.48 Å². The SMILES string of the molecule is CCCCC/C=C\C/C=C/CCCCCCCC1=[N+](CCN)CCN1CC.[CH3-]. The summed E-state index contributed by atoms with van der Waals surface area (Å²) < 4.78 is 2.51. The van der Waals surface area contributed by atoms with Gasteiger partial charge in [0.2, 0.25) is 5.84 Å². The number of rotatable bonds is 17. The second kappa shape index (κ2) is 19.2. The maximum absolute atomic E-state index is 5.76. The molecule has 1 aliphatic heterocycles. The molecule has 0 fully saturated rings. The lowest BCUT2D eigenvalue weighted by Gasteiger charge is -2.11. The minimum Gasteiger partial charge on any atom is -0.358 e. The summed E-state index contributed by atoms with van der Waals surface area (Å²) >= 11 is 0. The Hall–Kier alpha value is -1.09. The molecule has 0 atom stereocenters. The Morgan fingerprint density at radius 1 is 0.893 bits per heavy atom. The summed E-state index contributed by atoms with van der Waals surface area (Å²) in [5.74, 6) is 1.55. The maximum atomic E-state index is 5.76. The van der Waals surface area contributed by atoms with Crippen molar-refractivity contribution in [2.75, 3.05) is 32.7 Å². The van der Waals surface area contributed by atoms with Gasteiger partial charge in [-0.2, -0.15) is 0 Å². The van der Waals surface area contributed by atoms with Crippen LogP contribution in [-0.4, -0.2) is 48.0 Å². The van der Waals surface area contributed by atoms with Crippen molar-refractivity contribution in [3.8, 4) is 0 Å². The molecule has 0 radical (unpaired) electrons. The third-order valence-electron chi connectivity index (χ3n) is 5.50. The van der Waals surface area contributed by atoms with E-state index in [-0.39, 0.29) is 7.43 Å². The summed E-state index contributed by atoms with van der Waals surface area (Å²) in [6, 6.07) is 0. The molecule has 0 unspecified atom stereocenters. The molecule has 0 saturated heterocycles. The van der Waals surface area contributed by atoms with Crippen LogP contribution in [0.2, 0.25) is 0 Å². The van der Waals surface area contributed by atoms with Gasteiger partial charge < -0.3 is 13.2 Å². The van der Waals surface area contributed by atoms with E-state index in [4.69, 9.17) is 5.73 Å². The van der Waals surface area contributed by atoms with Crippen molar-refractivity contribution in [1.82, 2.24) is 4.90 Å². The van der Waals surface area contributed by atoms with Crippen molar-refractivity contribution < 1.29 is 4.58 Å². The second-order valence-corrected chi connectivity index (χ2v) is 7.75. The monoisotopic (exact) mass is 391 g/mol. The Morgan fingerprint density at radius 3 is 2.18 bits per heavy atom. The van der Waals surface area contributed by atoms with Crippen molar-refractivity contribution in [2.45, 2.75) is 90.9 Å². The molecular formula is C25H49N3. The highest BCUT2D eigenvalue weighted by Gasteiger charge is 2.27. The lowest BCUT2D eigenvalue weighted by molar-refractivity contribution is -0.516. The first-order valence-electron chi connectivity index (χ1n) is 11.7. The van der Waals surface area contributed by atoms with Gasteiger partial charge >= 0.3 is 0 Å². The van der Waals surface area contributed by atoms with E-state index in [1.54, 1.807) is 5.84 Å². The van der Waals surface area contributed by atoms with E-state index in [0.717, 1.165) is 26.1 Å². The van der Waals surface area contributed by atoms with Gasteiger partial charge in [-0.15, -0.1) is 0 Å². The molecule has 1 rings (SSSR count). The van der Waals surface area contributed by atoms with Gasteiger partial charge in [0.15, 0.2) is 0 Å². The number of nitrogens with zero attached hydrogens (tertiary/aromatic N) is 2. The van der Waals surface area contributed by atoms with E-state index in [1.165, 1.54) is 83.7 Å². The van der Waals surface area contributed by atoms with Gasteiger partial charge in [-0.1, -0.05) is 63.3 Å². The fourth-order valence-electron chi connectivity index (χ4n) is 3.85. The van der Waals surface area contributed by atoms with Gasteiger partial charge in [-0.05, 0) is 45.4 Å². The third kappa shape index (κ3) is 12.4. The number of hydrogen-bond donors (Lipinski definition) is 1. The molecule has 0 aromatic carbocycles. The smallest absolute Gasteiger partial charge is 0.247 e. The van der Waals surface area contributed by atoms with Crippen LogP contribution in [0.15, 0.2) is 24.3 Å². The topological polar surface area (TPSA) is 32.3 Å². The standard InChI is InChI=1S/C24H46N3.CH3/c1-3-5-6-7-8-9-10-11-12-13-14-15-16-17-18-19-24-26(4-2)22-23-27(24)21-20-25;/h8-9,11-12H,3-7,10,13-23,25H2,1-2H3;1H3/q+1;-1/b9-8-,12-11+;. The molecule has 2 N–H and O–H groups in total. The van der Waals surface area contributed by atoms with Gasteiger partial charge in [-0.25, -0.2) is 0 Å². The van der Waals surface area contributed by atoms with Crippen LogP contribution in [0.4, 0.5) is 0 Å². The summed E-state index contributed by atoms with van der Waals surface area (Å²) in [6.07, 6.45) is 25.0. The van der Waals surface area contributed by atoms with E-state index in [0.29, 0.717) is 0 Å². The molecule has 0 saturated carbocycles. The largest absolute Gasteiger partial charge is 0.358 e. The van der Waals surface area contributed by atoms with Gasteiger partial charge in [0.05, 0.1) is 13.1 Å². The number of nitrogens with two attached hydrogens (primary N) is 1. The van der Waals surface area contributed by atoms with Crippen LogP contribution in [0.25, 0.3) is 0 Å². The van der Waals surface area contributed by atoms with Crippen LogP contribution in [0.5, 0.6) is 0 Å². The molecule has 3 nitrogen and oxygen atoms in total. The summed E-state index contributed by atoms with van der Waals surface area (Å²) in [4.78, 5) is 2.54. The zero-order valence-corrected chi connectivity index (χ0v) is 19.3. The molecule has 1 heterocycles. The van der Waals surface area contributed by atoms with Gasteiger partial charge in [0, 0.05) is 13.0 Å². The highest BCUT2D eigenvalue weighted by atomic mass is 15.3. The maximum Gasteiger partial charge on any atom is 0.247 e. The summed E-state index contributed by atoms with van der Waals surface area (Å²) in [6.45, 7) is 9.80. The fraction of sp³-hybridized carbons (Fsp3) is 0.760. The Bertz CT molecular complexity index is 437. The first kappa shape index (κ1) is 26.9. The third-order valence-corrected chi connectivity index (χ3v) is 5.50. The van der Waals surface area contributed by atoms with Crippen molar-refractivity contribution in [1.29, 1.82) is 0 Å². The predicted molar refractivity (Wildman–Crippen MR) is 127 cm³/mol. The zero-order valence-electron chi connectivity index (χ0n) is 19.3. The lowest BCUT2D eigenvalue weighted by atomic mass is 10.1. The van der Waals surface area contributed by atoms with Gasteiger partial charge in [0.25, 0.3) is 0 Å². The van der Waals surface area contributed by atoms with Crippen LogP contribution in [0.1, 0.15) is 90.9 Å². The van der Waals surface area contributed by atoms with Crippen molar-refractivity contribution >= 4 is 5.84 Å². The van der Waals surface area contributed by atoms with E-state index in [2.05, 4.69) is 47.6 Å². The van der Waals surface area contributed by atoms with Crippen molar-refractivity contribution in [3.63, 3.8) is 0 Å². The molecule has 0 aromatic rings. The van der Waals surface area contributed by atoms with Crippen molar-refractivity contribution in [3.05, 3.63) is 31.7 Å². The molecule has 1 aliphatic rings. The molecule has 0 bridgehead atoms. The van der Waals surface area contributed by atoms with Crippen LogP contribution in [0, 0.1) is 7.43 Å². The first-order chi connectivity index (χ1) is 13.3. The van der Waals surface area contributed by atoms with Crippen molar-refractivity contribution in [2.24, 2.45) is 5.73 Å². The highest BCUT2D eigenvalue weighted by Crippen LogP contribution is 2.12. The van der Waals surface area contributed by atoms with Gasteiger partial charge in [0.1, 0.15) is 13.1 Å². The molecule has 0 spiro atoms. The molecular weight excluding hydrogens is 342 g/mol. The fourth-order valence-corrected chi connectivity index (χ4v) is 3.85. The number of amidine groups is 1. The van der Waals surface area contributed by atoms with Crippen LogP contribution in [0.3, 0.4) is 0 Å². The Kier molecular flexibility index (Phi) is 18.5. The average molecular weight is 392 g/mol. The number of allylic oxidation sites excluding steroid dienone is 4. The van der Waals surface area contributed by atoms with E-state index in [9.17, 15) is 0 Å². The average Bonchev–Trinajstić information content (AvgIpc) is 3.07. The summed E-state index contributed by atoms with van der Waals surface area (Å²) in [5, 5.41) is 0. The molecule has 0 aliphatic carbocycles. The molecule has 0 aromatic heterocycles. The summed E-state index contributed by atoms with van der Waals surface area (Å²) in [7, 11) is 0. The minimum absolute atomic E-state index is 0. The number of hydrogen-bond acceptors (Lipinski definition) is 2. The first-order valence-corrected chi connectivity index (χ1v) is 11.7. The summed E-state index contributed by atoms with van der Waals surface area (Å²) in [5.41, 5.74) is 5.76. The second-order valence-electron chi connectivity index (χ2n) is 7.75. The zero-order chi connectivity index (χ0) is 19.6. The van der Waals surface area contributed by atoms with E-state index in [1.807, 2.05) is 0 Å². The van der Waals surface area contributed by atoms with E-state index >= 15 is 0 Å².